The van der Waals surface area contributed by atoms with Crippen LogP contribution in [0.1, 0.15) is 17.3 Å². The molecule has 8 heteroatoms. The van der Waals surface area contributed by atoms with Crippen LogP contribution in [-0.4, -0.2) is 44.8 Å². The van der Waals surface area contributed by atoms with Gasteiger partial charge in [-0.15, -0.1) is 0 Å². The lowest BCUT2D eigenvalue weighted by atomic mass is 10.1. The van der Waals surface area contributed by atoms with E-state index in [4.69, 9.17) is 4.74 Å². The highest BCUT2D eigenvalue weighted by Crippen LogP contribution is 2.21. The molecule has 0 aliphatic heterocycles. The number of likely N-dealkylation sites (N-methyl/N-ethyl adjacent to an activating group) is 1. The van der Waals surface area contributed by atoms with Crippen molar-refractivity contribution in [2.45, 2.75) is 11.8 Å². The number of esters is 1. The second-order valence-corrected chi connectivity index (χ2v) is 8.66. The number of sulfonamides is 1. The van der Waals surface area contributed by atoms with Crippen LogP contribution in [0.3, 0.4) is 0 Å². The van der Waals surface area contributed by atoms with Crippen LogP contribution in [0.2, 0.25) is 0 Å². The third-order valence-electron chi connectivity index (χ3n) is 4.45. The predicted molar refractivity (Wildman–Crippen MR) is 115 cm³/mol. The summed E-state index contributed by atoms with van der Waals surface area (Å²) in [6.45, 7) is 1.57. The quantitative estimate of drug-likeness (QED) is 0.586. The molecule has 0 saturated heterocycles. The lowest BCUT2D eigenvalue weighted by Gasteiger charge is -2.17. The van der Waals surface area contributed by atoms with Gasteiger partial charge in [-0.2, -0.15) is 4.31 Å². The van der Waals surface area contributed by atoms with Gasteiger partial charge in [0.1, 0.15) is 0 Å². The molecule has 0 radical (unpaired) electrons. The number of anilines is 1. The summed E-state index contributed by atoms with van der Waals surface area (Å²) >= 11 is 0. The molecular weight excluding hydrogens is 404 g/mol. The van der Waals surface area contributed by atoms with E-state index in [1.807, 2.05) is 24.3 Å². The number of benzene rings is 3. The van der Waals surface area contributed by atoms with Crippen LogP contribution in [0.5, 0.6) is 0 Å². The molecule has 0 saturated carbocycles. The first kappa shape index (κ1) is 21.5. The number of hydrogen-bond acceptors (Lipinski definition) is 5. The van der Waals surface area contributed by atoms with Crippen LogP contribution < -0.4 is 5.32 Å². The van der Waals surface area contributed by atoms with E-state index in [9.17, 15) is 18.0 Å². The maximum atomic E-state index is 12.9. The van der Waals surface area contributed by atoms with Crippen molar-refractivity contribution in [3.05, 3.63) is 72.3 Å². The fourth-order valence-corrected chi connectivity index (χ4v) is 4.10. The second kappa shape index (κ2) is 9.06. The van der Waals surface area contributed by atoms with Crippen LogP contribution in [0, 0.1) is 0 Å². The Morgan fingerprint density at radius 2 is 1.70 bits per heavy atom. The molecule has 0 bridgehead atoms. The average Bonchev–Trinajstić information content (AvgIpc) is 2.73. The highest BCUT2D eigenvalue weighted by Gasteiger charge is 2.23. The van der Waals surface area contributed by atoms with Crippen molar-refractivity contribution in [2.75, 3.05) is 25.5 Å². The number of fused-ring (bicyclic) bond motifs is 1. The van der Waals surface area contributed by atoms with Gasteiger partial charge in [-0.25, -0.2) is 13.2 Å². The van der Waals surface area contributed by atoms with Crippen LogP contribution in [-0.2, 0) is 19.6 Å². The third-order valence-corrected chi connectivity index (χ3v) is 6.25. The lowest BCUT2D eigenvalue weighted by Crippen LogP contribution is -2.35. The number of amides is 1. The van der Waals surface area contributed by atoms with Crippen LogP contribution in [0.15, 0.2) is 71.6 Å². The standard InChI is InChI=1S/C22H22N2O5S/c1-3-29-22(26)18-9-6-10-19(13-18)23-21(25)15-24(2)30(27,28)20-12-11-16-7-4-5-8-17(16)14-20/h4-14H,3,15H2,1-2H3,(H,23,25). The maximum absolute atomic E-state index is 12.9. The van der Waals surface area contributed by atoms with Crippen molar-refractivity contribution in [2.24, 2.45) is 0 Å². The van der Waals surface area contributed by atoms with E-state index in [0.29, 0.717) is 11.3 Å². The second-order valence-electron chi connectivity index (χ2n) is 6.62. The van der Waals surface area contributed by atoms with Crippen molar-refractivity contribution in [1.82, 2.24) is 4.31 Å². The Morgan fingerprint density at radius 1 is 0.967 bits per heavy atom. The molecular formula is C22H22N2O5S. The molecule has 0 unspecified atom stereocenters. The van der Waals surface area contributed by atoms with Gasteiger partial charge in [0.2, 0.25) is 15.9 Å². The summed E-state index contributed by atoms with van der Waals surface area (Å²) in [5, 5.41) is 4.34. The number of ether oxygens (including phenoxy) is 1. The van der Waals surface area contributed by atoms with Gasteiger partial charge in [-0.05, 0) is 48.0 Å². The minimum atomic E-state index is -3.85. The number of nitrogens with one attached hydrogen (secondary N) is 1. The van der Waals surface area contributed by atoms with Gasteiger partial charge >= 0.3 is 5.97 Å². The average molecular weight is 426 g/mol. The van der Waals surface area contributed by atoms with Gasteiger partial charge in [0.15, 0.2) is 0 Å². The Morgan fingerprint density at radius 3 is 2.43 bits per heavy atom. The van der Waals surface area contributed by atoms with E-state index in [-0.39, 0.29) is 18.0 Å². The highest BCUT2D eigenvalue weighted by molar-refractivity contribution is 7.89. The van der Waals surface area contributed by atoms with E-state index in [1.165, 1.54) is 19.2 Å². The van der Waals surface area contributed by atoms with E-state index in [1.54, 1.807) is 37.3 Å². The summed E-state index contributed by atoms with van der Waals surface area (Å²) in [5.74, 6) is -1.02. The molecule has 7 nitrogen and oxygen atoms in total. The Balaban J connectivity index is 1.71. The van der Waals surface area contributed by atoms with Gasteiger partial charge in [-0.1, -0.05) is 36.4 Å². The van der Waals surface area contributed by atoms with E-state index >= 15 is 0 Å². The monoisotopic (exact) mass is 426 g/mol. The third kappa shape index (κ3) is 4.84. The molecule has 3 aromatic rings. The van der Waals surface area contributed by atoms with Crippen molar-refractivity contribution in [1.29, 1.82) is 0 Å². The van der Waals surface area contributed by atoms with Gasteiger partial charge in [0.05, 0.1) is 23.6 Å². The van der Waals surface area contributed by atoms with Crippen LogP contribution >= 0.6 is 0 Å². The smallest absolute Gasteiger partial charge is 0.338 e. The lowest BCUT2D eigenvalue weighted by molar-refractivity contribution is -0.116. The van der Waals surface area contributed by atoms with Crippen molar-refractivity contribution in [3.63, 3.8) is 0 Å². The molecule has 0 aromatic heterocycles. The van der Waals surface area contributed by atoms with Crippen molar-refractivity contribution in [3.8, 4) is 0 Å². The normalized spacial score (nSPS) is 11.4. The molecule has 1 amide bonds. The topological polar surface area (TPSA) is 92.8 Å². The SMILES string of the molecule is CCOC(=O)c1cccc(NC(=O)CN(C)S(=O)(=O)c2ccc3ccccc3c2)c1. The summed E-state index contributed by atoms with van der Waals surface area (Å²) in [4.78, 5) is 24.3. The van der Waals surface area contributed by atoms with Crippen LogP contribution in [0.4, 0.5) is 5.69 Å². The number of hydrogen-bond donors (Lipinski definition) is 1. The van der Waals surface area contributed by atoms with Crippen molar-refractivity contribution >= 4 is 38.4 Å². The van der Waals surface area contributed by atoms with E-state index < -0.39 is 21.9 Å². The zero-order chi connectivity index (χ0) is 21.7. The fourth-order valence-electron chi connectivity index (χ4n) is 2.93. The first-order valence-electron chi connectivity index (χ1n) is 9.33. The van der Waals surface area contributed by atoms with Gasteiger partial charge in [-0.3, -0.25) is 4.79 Å². The number of carbonyl (C=O) groups excluding carboxylic acids is 2. The Kier molecular flexibility index (Phi) is 6.49. The first-order valence-corrected chi connectivity index (χ1v) is 10.8. The first-order chi connectivity index (χ1) is 14.3. The fraction of sp³-hybridized carbons (Fsp3) is 0.182. The van der Waals surface area contributed by atoms with Crippen LogP contribution in [0.25, 0.3) is 10.8 Å². The minimum Gasteiger partial charge on any atom is -0.462 e. The summed E-state index contributed by atoms with van der Waals surface area (Å²) in [6, 6.07) is 18.6. The van der Waals surface area contributed by atoms with E-state index in [2.05, 4.69) is 5.32 Å². The molecule has 156 valence electrons. The molecule has 3 rings (SSSR count). The number of nitrogens with zero attached hydrogens (tertiary/aromatic N) is 1. The largest absolute Gasteiger partial charge is 0.462 e. The van der Waals surface area contributed by atoms with Gasteiger partial charge in [0, 0.05) is 12.7 Å². The molecule has 0 fully saturated rings. The molecule has 0 aliphatic carbocycles. The minimum absolute atomic E-state index is 0.112. The zero-order valence-electron chi connectivity index (χ0n) is 16.7. The zero-order valence-corrected chi connectivity index (χ0v) is 17.5. The molecule has 30 heavy (non-hydrogen) atoms. The maximum Gasteiger partial charge on any atom is 0.338 e. The highest BCUT2D eigenvalue weighted by atomic mass is 32.2. The molecule has 0 spiro atoms. The number of carbonyl (C=O) groups is 2. The van der Waals surface area contributed by atoms with E-state index in [0.717, 1.165) is 15.1 Å². The molecule has 0 aliphatic rings. The summed E-state index contributed by atoms with van der Waals surface area (Å²) < 4.78 is 31.7. The summed E-state index contributed by atoms with van der Waals surface area (Å²) in [7, 11) is -2.50. The van der Waals surface area contributed by atoms with Gasteiger partial charge in [0.25, 0.3) is 0 Å². The van der Waals surface area contributed by atoms with Gasteiger partial charge < -0.3 is 10.1 Å². The Bertz CT molecular complexity index is 1190. The Hall–Kier alpha value is -3.23. The summed E-state index contributed by atoms with van der Waals surface area (Å²) in [6.07, 6.45) is 0. The van der Waals surface area contributed by atoms with Crippen molar-refractivity contribution < 1.29 is 22.7 Å². The molecule has 3 aromatic carbocycles. The Labute approximate surface area is 175 Å². The summed E-state index contributed by atoms with van der Waals surface area (Å²) in [5.41, 5.74) is 0.675. The molecule has 1 N–H and O–H groups in total. The molecule has 0 heterocycles. The number of rotatable bonds is 7. The molecule has 0 atom stereocenters. The predicted octanol–water partition coefficient (Wildman–Crippen LogP) is 3.28.